The second kappa shape index (κ2) is 9.10. The zero-order valence-corrected chi connectivity index (χ0v) is 16.1. The van der Waals surface area contributed by atoms with E-state index in [4.69, 9.17) is 4.74 Å². The van der Waals surface area contributed by atoms with Crippen LogP contribution in [-0.2, 0) is 9.53 Å². The predicted molar refractivity (Wildman–Crippen MR) is 107 cm³/mol. The minimum absolute atomic E-state index is 0.143. The number of benzene rings is 2. The SMILES string of the molecule is CC(NC(=O)COC(=O)c1ccccc1C(=O)c1cccs1)c1ccccc1. The number of hydrogen-bond acceptors (Lipinski definition) is 5. The van der Waals surface area contributed by atoms with Crippen LogP contribution in [0.5, 0.6) is 0 Å². The van der Waals surface area contributed by atoms with Gasteiger partial charge in [-0.3, -0.25) is 9.59 Å². The molecule has 1 amide bonds. The largest absolute Gasteiger partial charge is 0.452 e. The average Bonchev–Trinajstić information content (AvgIpc) is 3.27. The first-order valence-electron chi connectivity index (χ1n) is 8.75. The van der Waals surface area contributed by atoms with Gasteiger partial charge in [0.25, 0.3) is 5.91 Å². The van der Waals surface area contributed by atoms with Crippen LogP contribution in [0.1, 0.15) is 44.1 Å². The fraction of sp³-hybridized carbons (Fsp3) is 0.136. The van der Waals surface area contributed by atoms with Gasteiger partial charge >= 0.3 is 5.97 Å². The molecule has 0 fully saturated rings. The van der Waals surface area contributed by atoms with Gasteiger partial charge in [-0.05, 0) is 30.0 Å². The van der Waals surface area contributed by atoms with Gasteiger partial charge in [-0.15, -0.1) is 11.3 Å². The van der Waals surface area contributed by atoms with Crippen LogP contribution >= 0.6 is 11.3 Å². The molecular weight excluding hydrogens is 374 g/mol. The summed E-state index contributed by atoms with van der Waals surface area (Å²) in [6.45, 7) is 1.43. The summed E-state index contributed by atoms with van der Waals surface area (Å²) in [5.41, 5.74) is 1.35. The highest BCUT2D eigenvalue weighted by Crippen LogP contribution is 2.19. The smallest absolute Gasteiger partial charge is 0.339 e. The number of carbonyl (C=O) groups is 3. The van der Waals surface area contributed by atoms with E-state index in [1.165, 1.54) is 17.4 Å². The summed E-state index contributed by atoms with van der Waals surface area (Å²) >= 11 is 1.30. The molecular formula is C22H19NO4S. The summed E-state index contributed by atoms with van der Waals surface area (Å²) in [6.07, 6.45) is 0. The Morgan fingerprint density at radius 3 is 2.29 bits per heavy atom. The summed E-state index contributed by atoms with van der Waals surface area (Å²) < 4.78 is 5.14. The summed E-state index contributed by atoms with van der Waals surface area (Å²) in [5, 5.41) is 4.58. The highest BCUT2D eigenvalue weighted by Gasteiger charge is 2.20. The number of nitrogens with one attached hydrogen (secondary N) is 1. The molecule has 2 aromatic carbocycles. The molecule has 1 heterocycles. The molecule has 0 aliphatic carbocycles. The van der Waals surface area contributed by atoms with E-state index in [1.54, 1.807) is 35.7 Å². The molecule has 6 heteroatoms. The lowest BCUT2D eigenvalue weighted by molar-refractivity contribution is -0.124. The van der Waals surface area contributed by atoms with Crippen molar-refractivity contribution in [3.05, 3.63) is 93.7 Å². The zero-order valence-electron chi connectivity index (χ0n) is 15.3. The van der Waals surface area contributed by atoms with Gasteiger partial charge in [0.2, 0.25) is 5.78 Å². The van der Waals surface area contributed by atoms with Crippen LogP contribution in [0.4, 0.5) is 0 Å². The summed E-state index contributed by atoms with van der Waals surface area (Å²) in [5.74, 6) is -1.36. The maximum absolute atomic E-state index is 12.6. The molecule has 1 atom stereocenters. The Kier molecular flexibility index (Phi) is 6.34. The van der Waals surface area contributed by atoms with Crippen LogP contribution in [-0.4, -0.2) is 24.3 Å². The lowest BCUT2D eigenvalue weighted by Gasteiger charge is -2.14. The van der Waals surface area contributed by atoms with Crippen LogP contribution in [0.2, 0.25) is 0 Å². The van der Waals surface area contributed by atoms with Gasteiger partial charge in [-0.2, -0.15) is 0 Å². The van der Waals surface area contributed by atoms with Crippen molar-refractivity contribution in [2.45, 2.75) is 13.0 Å². The number of rotatable bonds is 7. The zero-order chi connectivity index (χ0) is 19.9. The molecule has 0 spiro atoms. The van der Waals surface area contributed by atoms with E-state index in [0.29, 0.717) is 4.88 Å². The Morgan fingerprint density at radius 2 is 1.61 bits per heavy atom. The summed E-state index contributed by atoms with van der Waals surface area (Å²) in [6, 6.07) is 19.2. The van der Waals surface area contributed by atoms with Gasteiger partial charge in [0.1, 0.15) is 0 Å². The molecule has 0 saturated carbocycles. The van der Waals surface area contributed by atoms with Crippen LogP contribution in [0.25, 0.3) is 0 Å². The van der Waals surface area contributed by atoms with Gasteiger partial charge in [0.15, 0.2) is 6.61 Å². The Bertz CT molecular complexity index is 967. The number of carbonyl (C=O) groups excluding carboxylic acids is 3. The molecule has 142 valence electrons. The third-order valence-corrected chi connectivity index (χ3v) is 5.02. The molecule has 1 unspecified atom stereocenters. The fourth-order valence-corrected chi connectivity index (χ4v) is 3.39. The van der Waals surface area contributed by atoms with Crippen molar-refractivity contribution >= 4 is 29.0 Å². The van der Waals surface area contributed by atoms with E-state index in [-0.39, 0.29) is 23.0 Å². The van der Waals surface area contributed by atoms with Gasteiger partial charge in [0.05, 0.1) is 16.5 Å². The maximum atomic E-state index is 12.6. The Labute approximate surface area is 167 Å². The topological polar surface area (TPSA) is 72.5 Å². The molecule has 0 aliphatic rings. The number of hydrogen-bond donors (Lipinski definition) is 1. The van der Waals surface area contributed by atoms with Crippen molar-refractivity contribution in [1.29, 1.82) is 0 Å². The van der Waals surface area contributed by atoms with E-state index in [9.17, 15) is 14.4 Å². The normalized spacial score (nSPS) is 11.5. The number of amides is 1. The van der Waals surface area contributed by atoms with E-state index in [1.807, 2.05) is 37.3 Å². The molecule has 1 N–H and O–H groups in total. The van der Waals surface area contributed by atoms with Gasteiger partial charge in [-0.1, -0.05) is 54.6 Å². The Hall–Kier alpha value is -3.25. The summed E-state index contributed by atoms with van der Waals surface area (Å²) in [7, 11) is 0. The third kappa shape index (κ3) is 4.72. The molecule has 3 rings (SSSR count). The highest BCUT2D eigenvalue weighted by molar-refractivity contribution is 7.12. The minimum Gasteiger partial charge on any atom is -0.452 e. The van der Waals surface area contributed by atoms with Crippen LogP contribution < -0.4 is 5.32 Å². The fourth-order valence-electron chi connectivity index (χ4n) is 2.72. The quantitative estimate of drug-likeness (QED) is 0.486. The molecule has 0 radical (unpaired) electrons. The average molecular weight is 393 g/mol. The second-order valence-corrected chi connectivity index (χ2v) is 7.08. The number of thiophene rings is 1. The highest BCUT2D eigenvalue weighted by atomic mass is 32.1. The molecule has 1 aromatic heterocycles. The van der Waals surface area contributed by atoms with E-state index in [0.717, 1.165) is 5.56 Å². The van der Waals surface area contributed by atoms with Crippen LogP contribution in [0.3, 0.4) is 0 Å². The van der Waals surface area contributed by atoms with E-state index in [2.05, 4.69) is 5.32 Å². The van der Waals surface area contributed by atoms with Crippen molar-refractivity contribution in [3.8, 4) is 0 Å². The standard InChI is InChI=1S/C22H19NO4S/c1-15(16-8-3-2-4-9-16)23-20(24)14-27-22(26)18-11-6-5-10-17(18)21(25)19-12-7-13-28-19/h2-13,15H,14H2,1H3,(H,23,24). The van der Waals surface area contributed by atoms with E-state index >= 15 is 0 Å². The lowest BCUT2D eigenvalue weighted by atomic mass is 10.0. The van der Waals surface area contributed by atoms with Gasteiger partial charge in [-0.25, -0.2) is 4.79 Å². The van der Waals surface area contributed by atoms with Crippen molar-refractivity contribution in [3.63, 3.8) is 0 Å². The summed E-state index contributed by atoms with van der Waals surface area (Å²) in [4.78, 5) is 37.7. The first kappa shape index (κ1) is 19.5. The van der Waals surface area contributed by atoms with Crippen LogP contribution in [0, 0.1) is 0 Å². The van der Waals surface area contributed by atoms with Crippen molar-refractivity contribution in [1.82, 2.24) is 5.32 Å². The molecule has 0 bridgehead atoms. The van der Waals surface area contributed by atoms with Crippen LogP contribution in [0.15, 0.2) is 72.1 Å². The van der Waals surface area contributed by atoms with Gasteiger partial charge in [0, 0.05) is 5.56 Å². The number of ether oxygens (including phenoxy) is 1. The van der Waals surface area contributed by atoms with Gasteiger partial charge < -0.3 is 10.1 Å². The lowest BCUT2D eigenvalue weighted by Crippen LogP contribution is -2.31. The molecule has 0 saturated heterocycles. The predicted octanol–water partition coefficient (Wildman–Crippen LogP) is 4.01. The molecule has 5 nitrogen and oxygen atoms in total. The minimum atomic E-state index is -0.706. The van der Waals surface area contributed by atoms with Crippen molar-refractivity contribution in [2.75, 3.05) is 6.61 Å². The van der Waals surface area contributed by atoms with Crippen molar-refractivity contribution in [2.24, 2.45) is 0 Å². The van der Waals surface area contributed by atoms with Crippen molar-refractivity contribution < 1.29 is 19.1 Å². The maximum Gasteiger partial charge on any atom is 0.339 e. The monoisotopic (exact) mass is 393 g/mol. The third-order valence-electron chi connectivity index (χ3n) is 4.15. The molecule has 28 heavy (non-hydrogen) atoms. The first-order chi connectivity index (χ1) is 13.6. The molecule has 0 aliphatic heterocycles. The Morgan fingerprint density at radius 1 is 0.929 bits per heavy atom. The second-order valence-electron chi connectivity index (χ2n) is 6.13. The number of ketones is 1. The van der Waals surface area contributed by atoms with E-state index < -0.39 is 18.5 Å². The molecule has 3 aromatic rings. The number of esters is 1. The first-order valence-corrected chi connectivity index (χ1v) is 9.63. The Balaban J connectivity index is 1.62.